The van der Waals surface area contributed by atoms with E-state index in [-0.39, 0.29) is 5.60 Å². The Morgan fingerprint density at radius 2 is 1.13 bits per heavy atom. The number of fused-ring (bicyclic) bond motifs is 1. The molecule has 1 heterocycles. The molecule has 0 radical (unpaired) electrons. The Balaban J connectivity index is -0.000000259. The summed E-state index contributed by atoms with van der Waals surface area (Å²) in [6.45, 7) is 30.7. The van der Waals surface area contributed by atoms with Gasteiger partial charge in [0.05, 0.1) is 14.2 Å². The first-order chi connectivity index (χ1) is 21.7. The Morgan fingerprint density at radius 1 is 0.667 bits per heavy atom. The second kappa shape index (κ2) is 32.0. The summed E-state index contributed by atoms with van der Waals surface area (Å²) in [4.78, 5) is 0. The number of rotatable bonds is 4. The summed E-state index contributed by atoms with van der Waals surface area (Å²) in [6, 6.07) is 19.9. The van der Waals surface area contributed by atoms with Crippen LogP contribution in [-0.2, 0) is 6.42 Å². The number of hydrogen-bond donors (Lipinski definition) is 1. The van der Waals surface area contributed by atoms with Crippen LogP contribution in [0.3, 0.4) is 0 Å². The van der Waals surface area contributed by atoms with E-state index in [0.29, 0.717) is 0 Å². The van der Waals surface area contributed by atoms with Gasteiger partial charge in [0.25, 0.3) is 0 Å². The zero-order valence-electron chi connectivity index (χ0n) is 32.6. The van der Waals surface area contributed by atoms with Gasteiger partial charge in [-0.2, -0.15) is 0 Å². The average molecular weight is 626 g/mol. The van der Waals surface area contributed by atoms with Crippen LogP contribution in [0.15, 0.2) is 66.9 Å². The zero-order chi connectivity index (χ0) is 35.8. The molecule has 0 aliphatic carbocycles. The van der Waals surface area contributed by atoms with Gasteiger partial charge < -0.3 is 19.5 Å². The van der Waals surface area contributed by atoms with Crippen LogP contribution in [-0.4, -0.2) is 26.9 Å². The Kier molecular flexibility index (Phi) is 34.5. The maximum absolute atomic E-state index is 6.16. The molecule has 45 heavy (non-hydrogen) atoms. The summed E-state index contributed by atoms with van der Waals surface area (Å²) >= 11 is 0. The predicted octanol–water partition coefficient (Wildman–Crippen LogP) is 12.4. The lowest BCUT2D eigenvalue weighted by atomic mass is 9.88. The van der Waals surface area contributed by atoms with Crippen molar-refractivity contribution in [3.63, 3.8) is 0 Å². The van der Waals surface area contributed by atoms with Gasteiger partial charge in [0.1, 0.15) is 22.8 Å². The number of benzene rings is 3. The summed E-state index contributed by atoms with van der Waals surface area (Å²) in [6.07, 6.45) is 6.08. The van der Waals surface area contributed by atoms with Crippen LogP contribution in [0.1, 0.15) is 117 Å². The molecule has 0 spiro atoms. The van der Waals surface area contributed by atoms with E-state index in [2.05, 4.69) is 52.1 Å². The fourth-order valence-electron chi connectivity index (χ4n) is 3.95. The van der Waals surface area contributed by atoms with Crippen molar-refractivity contribution in [2.24, 2.45) is 0 Å². The molecule has 0 unspecified atom stereocenters. The van der Waals surface area contributed by atoms with Crippen molar-refractivity contribution in [1.29, 1.82) is 0 Å². The van der Waals surface area contributed by atoms with Crippen molar-refractivity contribution in [2.75, 3.05) is 21.3 Å². The van der Waals surface area contributed by atoms with Crippen molar-refractivity contribution < 1.29 is 14.2 Å². The Morgan fingerprint density at radius 3 is 1.53 bits per heavy atom. The SMILES string of the molecule is CC.CC.CC.CC.CC.CN/C=C\c1ccccc1.COc1c(C)c(C)c2c(c1C)CCC(C)(C)O2.COc1ccccc1. The van der Waals surface area contributed by atoms with Crippen molar-refractivity contribution >= 4 is 6.08 Å². The molecule has 0 amide bonds. The molecule has 258 valence electrons. The minimum Gasteiger partial charge on any atom is -0.497 e. The number of ether oxygens (including phenoxy) is 3. The molecule has 4 rings (SSSR count). The third kappa shape index (κ3) is 19.6. The number of para-hydroxylation sites is 1. The molecule has 0 saturated carbocycles. The smallest absolute Gasteiger partial charge is 0.127 e. The number of methoxy groups -OCH3 is 2. The van der Waals surface area contributed by atoms with Crippen LogP contribution < -0.4 is 19.5 Å². The Bertz CT molecular complexity index is 1080. The topological polar surface area (TPSA) is 39.7 Å². The molecular weight excluding hydrogens is 554 g/mol. The third-order valence-electron chi connectivity index (χ3n) is 6.09. The maximum atomic E-state index is 6.16. The van der Waals surface area contributed by atoms with E-state index in [1.807, 2.05) is 137 Å². The standard InChI is InChI=1S/C15H22O2.C9H11N.C7H8O.5C2H6/c1-9-10(2)14-12(11(3)13(9)16-6)7-8-15(4,5)17-14;1-10-8-7-9-5-3-2-4-6-9;1-8-7-5-3-2-4-6-7;5*1-2/h7-8H2,1-6H3;2-8,10H,1H3;2-6H,1H3;5*1-2H3/b;8-7-;;;;;;. The van der Waals surface area contributed by atoms with Crippen LogP contribution in [0, 0.1) is 20.8 Å². The quantitative estimate of drug-likeness (QED) is 0.313. The third-order valence-corrected chi connectivity index (χ3v) is 6.09. The monoisotopic (exact) mass is 626 g/mol. The first kappa shape index (κ1) is 48.5. The molecule has 3 aromatic carbocycles. The van der Waals surface area contributed by atoms with E-state index in [4.69, 9.17) is 14.2 Å². The van der Waals surface area contributed by atoms with Gasteiger partial charge in [-0.25, -0.2) is 0 Å². The Hall–Kier alpha value is -3.40. The van der Waals surface area contributed by atoms with Crippen molar-refractivity contribution in [1.82, 2.24) is 5.32 Å². The molecule has 4 heteroatoms. The largest absolute Gasteiger partial charge is 0.497 e. The first-order valence-corrected chi connectivity index (χ1v) is 17.1. The molecular formula is C41H71NO3. The van der Waals surface area contributed by atoms with Crippen LogP contribution in [0.4, 0.5) is 0 Å². The van der Waals surface area contributed by atoms with E-state index in [1.165, 1.54) is 27.8 Å². The Labute approximate surface area is 280 Å². The van der Waals surface area contributed by atoms with Crippen LogP contribution in [0.25, 0.3) is 6.08 Å². The molecule has 3 aromatic rings. The van der Waals surface area contributed by atoms with Crippen LogP contribution in [0.2, 0.25) is 0 Å². The molecule has 1 aliphatic heterocycles. The van der Waals surface area contributed by atoms with Gasteiger partial charge in [0.15, 0.2) is 0 Å². The van der Waals surface area contributed by atoms with E-state index in [9.17, 15) is 0 Å². The normalized spacial score (nSPS) is 11.0. The van der Waals surface area contributed by atoms with Crippen LogP contribution in [0.5, 0.6) is 17.2 Å². The molecule has 0 bridgehead atoms. The minimum absolute atomic E-state index is 0.0504. The first-order valence-electron chi connectivity index (χ1n) is 17.1. The molecule has 4 nitrogen and oxygen atoms in total. The zero-order valence-corrected chi connectivity index (χ0v) is 32.6. The van der Waals surface area contributed by atoms with Gasteiger partial charge in [-0.3, -0.25) is 0 Å². The molecule has 0 aromatic heterocycles. The van der Waals surface area contributed by atoms with Crippen LogP contribution >= 0.6 is 0 Å². The fourth-order valence-corrected chi connectivity index (χ4v) is 3.95. The highest BCUT2D eigenvalue weighted by Gasteiger charge is 2.30. The molecule has 1 N–H and O–H groups in total. The summed E-state index contributed by atoms with van der Waals surface area (Å²) in [5.41, 5.74) is 6.14. The summed E-state index contributed by atoms with van der Waals surface area (Å²) in [5, 5.41) is 2.94. The van der Waals surface area contributed by atoms with Gasteiger partial charge >= 0.3 is 0 Å². The second-order valence-corrected chi connectivity index (χ2v) is 9.13. The van der Waals surface area contributed by atoms with Gasteiger partial charge in [0.2, 0.25) is 0 Å². The van der Waals surface area contributed by atoms with E-state index in [1.54, 1.807) is 14.2 Å². The number of nitrogens with one attached hydrogen (secondary N) is 1. The van der Waals surface area contributed by atoms with Gasteiger partial charge in [-0.15, -0.1) is 0 Å². The lowest BCUT2D eigenvalue weighted by Crippen LogP contribution is -2.33. The molecule has 1 aliphatic rings. The maximum Gasteiger partial charge on any atom is 0.127 e. The highest BCUT2D eigenvalue weighted by atomic mass is 16.5. The van der Waals surface area contributed by atoms with Crippen molar-refractivity contribution in [2.45, 2.75) is 122 Å². The minimum atomic E-state index is -0.0504. The van der Waals surface area contributed by atoms with Gasteiger partial charge in [-0.05, 0) is 94.1 Å². The van der Waals surface area contributed by atoms with Crippen molar-refractivity contribution in [3.8, 4) is 17.2 Å². The predicted molar refractivity (Wildman–Crippen MR) is 205 cm³/mol. The van der Waals surface area contributed by atoms with E-state index >= 15 is 0 Å². The van der Waals surface area contributed by atoms with Crippen molar-refractivity contribution in [3.05, 3.63) is 94.7 Å². The summed E-state index contributed by atoms with van der Waals surface area (Å²) < 4.78 is 16.6. The van der Waals surface area contributed by atoms with Gasteiger partial charge in [-0.1, -0.05) is 118 Å². The summed E-state index contributed by atoms with van der Waals surface area (Å²) in [7, 11) is 5.30. The lowest BCUT2D eigenvalue weighted by Gasteiger charge is -2.35. The van der Waals surface area contributed by atoms with E-state index in [0.717, 1.165) is 30.1 Å². The fraction of sp³-hybridized carbons (Fsp3) is 0.512. The lowest BCUT2D eigenvalue weighted by molar-refractivity contribution is 0.0831. The molecule has 0 saturated heterocycles. The summed E-state index contributed by atoms with van der Waals surface area (Å²) in [5.74, 6) is 3.01. The van der Waals surface area contributed by atoms with E-state index < -0.39 is 0 Å². The highest BCUT2D eigenvalue weighted by molar-refractivity contribution is 5.58. The second-order valence-electron chi connectivity index (χ2n) is 9.13. The average Bonchev–Trinajstić information content (AvgIpc) is 3.12. The molecule has 0 fully saturated rings. The van der Waals surface area contributed by atoms with Gasteiger partial charge in [0, 0.05) is 12.6 Å². The highest BCUT2D eigenvalue weighted by Crippen LogP contribution is 2.43. The number of hydrogen-bond acceptors (Lipinski definition) is 4. The molecule has 0 atom stereocenters.